The molecule has 0 aliphatic carbocycles. The zero-order valence-corrected chi connectivity index (χ0v) is 13.0. The highest BCUT2D eigenvalue weighted by Crippen LogP contribution is 2.19. The number of amides is 1. The van der Waals surface area contributed by atoms with Crippen molar-refractivity contribution in [3.8, 4) is 0 Å². The van der Waals surface area contributed by atoms with Crippen LogP contribution >= 0.6 is 0 Å². The van der Waals surface area contributed by atoms with Crippen LogP contribution in [0.4, 0.5) is 10.1 Å². The minimum absolute atomic E-state index is 0.00812. The van der Waals surface area contributed by atoms with Gasteiger partial charge in [-0.2, -0.15) is 4.39 Å². The van der Waals surface area contributed by atoms with Gasteiger partial charge in [-0.3, -0.25) is 14.9 Å². The van der Waals surface area contributed by atoms with Crippen molar-refractivity contribution in [2.45, 2.75) is 18.9 Å². The number of hydrogen-bond acceptors (Lipinski definition) is 4. The zero-order valence-electron chi connectivity index (χ0n) is 13.0. The fraction of sp³-hybridized carbons (Fsp3) is 0.176. The van der Waals surface area contributed by atoms with Gasteiger partial charge in [-0.1, -0.05) is 36.4 Å². The summed E-state index contributed by atoms with van der Waals surface area (Å²) in [5.41, 5.74) is 0.222. The van der Waals surface area contributed by atoms with Crippen molar-refractivity contribution in [1.82, 2.24) is 5.32 Å². The van der Waals surface area contributed by atoms with Crippen molar-refractivity contribution in [3.05, 3.63) is 75.6 Å². The molecule has 0 unspecified atom stereocenters. The van der Waals surface area contributed by atoms with E-state index in [1.165, 1.54) is 6.07 Å². The van der Waals surface area contributed by atoms with Gasteiger partial charge in [-0.25, -0.2) is 4.79 Å². The maximum Gasteiger partial charge on any atom is 0.326 e. The Morgan fingerprint density at radius 2 is 1.84 bits per heavy atom. The molecule has 8 heteroatoms. The number of aliphatic carboxylic acids is 1. The number of carboxylic acid groups (broad SMARTS) is 1. The Labute approximate surface area is 142 Å². The normalized spacial score (nSPS) is 11.6. The van der Waals surface area contributed by atoms with Crippen LogP contribution in [0.15, 0.2) is 48.5 Å². The first-order chi connectivity index (χ1) is 11.9. The molecule has 0 heterocycles. The largest absolute Gasteiger partial charge is 0.480 e. The lowest BCUT2D eigenvalue weighted by molar-refractivity contribution is -0.387. The zero-order chi connectivity index (χ0) is 18.4. The summed E-state index contributed by atoms with van der Waals surface area (Å²) in [4.78, 5) is 33.2. The van der Waals surface area contributed by atoms with E-state index in [2.05, 4.69) is 5.32 Å². The second-order valence-corrected chi connectivity index (χ2v) is 5.37. The number of rotatable bonds is 7. The van der Waals surface area contributed by atoms with Gasteiger partial charge in [0.2, 0.25) is 11.7 Å². The number of carbonyl (C=O) groups is 2. The minimum atomic E-state index is -1.28. The summed E-state index contributed by atoms with van der Waals surface area (Å²) in [5, 5.41) is 22.4. The van der Waals surface area contributed by atoms with E-state index < -0.39 is 34.3 Å². The summed E-state index contributed by atoms with van der Waals surface area (Å²) in [6.45, 7) is 0. The number of nitro groups is 1. The number of nitrogens with one attached hydrogen (secondary N) is 1. The Bertz CT molecular complexity index is 795. The summed E-state index contributed by atoms with van der Waals surface area (Å²) in [6, 6.07) is 10.6. The topological polar surface area (TPSA) is 110 Å². The van der Waals surface area contributed by atoms with E-state index in [4.69, 9.17) is 0 Å². The molecule has 2 aromatic carbocycles. The lowest BCUT2D eigenvalue weighted by Crippen LogP contribution is -2.43. The van der Waals surface area contributed by atoms with Crippen molar-refractivity contribution in [2.75, 3.05) is 0 Å². The van der Waals surface area contributed by atoms with Crippen molar-refractivity contribution in [1.29, 1.82) is 0 Å². The summed E-state index contributed by atoms with van der Waals surface area (Å²) >= 11 is 0. The van der Waals surface area contributed by atoms with Crippen LogP contribution in [0.5, 0.6) is 0 Å². The molecule has 0 saturated heterocycles. The van der Waals surface area contributed by atoms with E-state index >= 15 is 0 Å². The number of nitro benzene ring substituents is 1. The Morgan fingerprint density at radius 1 is 1.16 bits per heavy atom. The fourth-order valence-corrected chi connectivity index (χ4v) is 2.29. The molecular formula is C17H15FN2O5. The molecule has 0 bridgehead atoms. The van der Waals surface area contributed by atoms with Gasteiger partial charge >= 0.3 is 11.7 Å². The maximum absolute atomic E-state index is 13.3. The smallest absolute Gasteiger partial charge is 0.326 e. The maximum atomic E-state index is 13.3. The Kier molecular flexibility index (Phi) is 5.78. The predicted octanol–water partition coefficient (Wildman–Crippen LogP) is 2.09. The highest BCUT2D eigenvalue weighted by Gasteiger charge is 2.22. The van der Waals surface area contributed by atoms with Crippen molar-refractivity contribution < 1.29 is 24.0 Å². The van der Waals surface area contributed by atoms with Gasteiger partial charge < -0.3 is 10.4 Å². The van der Waals surface area contributed by atoms with E-state index in [0.717, 1.165) is 17.7 Å². The van der Waals surface area contributed by atoms with Gasteiger partial charge in [0.15, 0.2) is 0 Å². The van der Waals surface area contributed by atoms with Crippen LogP contribution in [0.2, 0.25) is 0 Å². The Balaban J connectivity index is 2.08. The number of nitrogens with zero attached hydrogens (tertiary/aromatic N) is 1. The van der Waals surface area contributed by atoms with Crippen LogP contribution in [0, 0.1) is 15.9 Å². The number of halogens is 1. The standard InChI is InChI=1S/C17H15FN2O5/c18-13-7-6-12(9-15(13)20(24)25)8-14(17(22)23)19-16(21)10-11-4-2-1-3-5-11/h1-7,9,14H,8,10H2,(H,19,21)(H,22,23)/t14-/m1/s1. The van der Waals surface area contributed by atoms with Crippen LogP contribution in [-0.2, 0) is 22.4 Å². The molecule has 1 atom stereocenters. The molecule has 2 aromatic rings. The summed E-state index contributed by atoms with van der Waals surface area (Å²) < 4.78 is 13.3. The lowest BCUT2D eigenvalue weighted by atomic mass is 10.0. The van der Waals surface area contributed by atoms with Crippen molar-refractivity contribution in [2.24, 2.45) is 0 Å². The van der Waals surface area contributed by atoms with E-state index in [0.29, 0.717) is 0 Å². The van der Waals surface area contributed by atoms with Crippen LogP contribution in [0.25, 0.3) is 0 Å². The van der Waals surface area contributed by atoms with E-state index in [1.807, 2.05) is 0 Å². The highest BCUT2D eigenvalue weighted by atomic mass is 19.1. The third-order valence-corrected chi connectivity index (χ3v) is 3.49. The Morgan fingerprint density at radius 3 is 2.44 bits per heavy atom. The molecule has 2 rings (SSSR count). The SMILES string of the molecule is O=C(Cc1ccccc1)N[C@H](Cc1ccc(F)c([N+](=O)[O-])c1)C(=O)O. The van der Waals surface area contributed by atoms with Crippen molar-refractivity contribution >= 4 is 17.6 Å². The van der Waals surface area contributed by atoms with Gasteiger partial charge in [0.1, 0.15) is 6.04 Å². The molecule has 0 aromatic heterocycles. The highest BCUT2D eigenvalue weighted by molar-refractivity contribution is 5.85. The molecule has 25 heavy (non-hydrogen) atoms. The van der Waals surface area contributed by atoms with Gasteiger partial charge in [0, 0.05) is 12.5 Å². The monoisotopic (exact) mass is 346 g/mol. The number of carboxylic acids is 1. The summed E-state index contributed by atoms with van der Waals surface area (Å²) in [7, 11) is 0. The molecule has 0 spiro atoms. The second-order valence-electron chi connectivity index (χ2n) is 5.37. The fourth-order valence-electron chi connectivity index (χ4n) is 2.29. The quantitative estimate of drug-likeness (QED) is 0.589. The van der Waals surface area contributed by atoms with Crippen LogP contribution < -0.4 is 5.32 Å². The van der Waals surface area contributed by atoms with E-state index in [-0.39, 0.29) is 18.4 Å². The molecule has 0 aliphatic rings. The minimum Gasteiger partial charge on any atom is -0.480 e. The van der Waals surface area contributed by atoms with Gasteiger partial charge in [0.25, 0.3) is 0 Å². The van der Waals surface area contributed by atoms with Crippen LogP contribution in [0.3, 0.4) is 0 Å². The van der Waals surface area contributed by atoms with Crippen LogP contribution in [-0.4, -0.2) is 27.9 Å². The molecule has 0 radical (unpaired) electrons. The predicted molar refractivity (Wildman–Crippen MR) is 86.5 cm³/mol. The molecule has 0 fully saturated rings. The number of hydrogen-bond donors (Lipinski definition) is 2. The van der Waals surface area contributed by atoms with E-state index in [1.54, 1.807) is 30.3 Å². The van der Waals surface area contributed by atoms with Gasteiger partial charge in [0.05, 0.1) is 11.3 Å². The average molecular weight is 346 g/mol. The molecule has 7 nitrogen and oxygen atoms in total. The first-order valence-corrected chi connectivity index (χ1v) is 7.35. The first-order valence-electron chi connectivity index (χ1n) is 7.35. The Hall–Kier alpha value is -3.29. The molecule has 130 valence electrons. The number of benzene rings is 2. The van der Waals surface area contributed by atoms with Crippen molar-refractivity contribution in [3.63, 3.8) is 0 Å². The van der Waals surface area contributed by atoms with Gasteiger partial charge in [-0.15, -0.1) is 0 Å². The van der Waals surface area contributed by atoms with Crippen LogP contribution in [0.1, 0.15) is 11.1 Å². The molecular weight excluding hydrogens is 331 g/mol. The molecule has 0 aliphatic heterocycles. The third kappa shape index (κ3) is 5.10. The molecule has 0 saturated carbocycles. The summed E-state index contributed by atoms with van der Waals surface area (Å²) in [5.74, 6) is -2.78. The average Bonchev–Trinajstić information content (AvgIpc) is 2.56. The number of carbonyl (C=O) groups excluding carboxylic acids is 1. The summed E-state index contributed by atoms with van der Waals surface area (Å²) in [6.07, 6.45) is -0.189. The lowest BCUT2D eigenvalue weighted by Gasteiger charge is -2.15. The van der Waals surface area contributed by atoms with Gasteiger partial charge in [-0.05, 0) is 17.2 Å². The van der Waals surface area contributed by atoms with E-state index in [9.17, 15) is 29.2 Å². The molecule has 1 amide bonds. The first kappa shape index (κ1) is 18.1. The molecule has 2 N–H and O–H groups in total. The second kappa shape index (κ2) is 8.00. The third-order valence-electron chi connectivity index (χ3n) is 3.49.